The van der Waals surface area contributed by atoms with Gasteiger partial charge in [-0.1, -0.05) is 59.6 Å². The topological polar surface area (TPSA) is 49.4 Å². The molecule has 0 bridgehead atoms. The Balaban J connectivity index is 2.12. The Morgan fingerprint density at radius 3 is 2.41 bits per heavy atom. The Kier molecular flexibility index (Phi) is 9.24. The minimum atomic E-state index is -0.543. The second-order valence-electron chi connectivity index (χ2n) is 7.57. The van der Waals surface area contributed by atoms with Crippen LogP contribution in [0.4, 0.5) is 0 Å². The van der Waals surface area contributed by atoms with Crippen molar-refractivity contribution in [2.45, 2.75) is 45.2 Å². The van der Waals surface area contributed by atoms with Crippen LogP contribution in [0.3, 0.4) is 0 Å². The fourth-order valence-corrected chi connectivity index (χ4v) is 3.96. The van der Waals surface area contributed by atoms with E-state index in [2.05, 4.69) is 21.2 Å². The predicted molar refractivity (Wildman–Crippen MR) is 124 cm³/mol. The zero-order valence-electron chi connectivity index (χ0n) is 17.4. The van der Waals surface area contributed by atoms with Crippen LogP contribution in [-0.4, -0.2) is 35.1 Å². The highest BCUT2D eigenvalue weighted by molar-refractivity contribution is 9.10. The number of carbonyl (C=O) groups excluding carboxylic acids is 2. The van der Waals surface area contributed by atoms with Crippen molar-refractivity contribution in [1.29, 1.82) is 0 Å². The molecule has 6 heteroatoms. The summed E-state index contributed by atoms with van der Waals surface area (Å²) in [6, 6.07) is 15.4. The minimum absolute atomic E-state index is 0.0530. The molecule has 0 spiro atoms. The molecule has 2 aromatic carbocycles. The molecule has 0 saturated carbocycles. The molecule has 2 aromatic rings. The monoisotopic (exact) mass is 476 g/mol. The van der Waals surface area contributed by atoms with Gasteiger partial charge in [0.05, 0.1) is 5.75 Å². The van der Waals surface area contributed by atoms with Crippen LogP contribution in [0.25, 0.3) is 0 Å². The highest BCUT2D eigenvalue weighted by atomic mass is 79.9. The molecule has 0 saturated heterocycles. The van der Waals surface area contributed by atoms with E-state index in [-0.39, 0.29) is 11.8 Å². The number of nitrogens with zero attached hydrogens (tertiary/aromatic N) is 1. The Bertz CT molecular complexity index is 824. The van der Waals surface area contributed by atoms with Crippen molar-refractivity contribution in [3.05, 3.63) is 64.1 Å². The van der Waals surface area contributed by atoms with E-state index in [9.17, 15) is 9.59 Å². The van der Waals surface area contributed by atoms with Gasteiger partial charge in [-0.3, -0.25) is 9.59 Å². The summed E-state index contributed by atoms with van der Waals surface area (Å²) < 4.78 is 0.952. The third-order valence-electron chi connectivity index (χ3n) is 4.48. The lowest BCUT2D eigenvalue weighted by molar-refractivity contribution is -0.138. The summed E-state index contributed by atoms with van der Waals surface area (Å²) in [5, 5.41) is 2.95. The largest absolute Gasteiger partial charge is 0.354 e. The first-order valence-corrected chi connectivity index (χ1v) is 11.5. The molecule has 156 valence electrons. The Morgan fingerprint density at radius 2 is 1.79 bits per heavy atom. The molecule has 2 amide bonds. The van der Waals surface area contributed by atoms with Crippen molar-refractivity contribution in [2.24, 2.45) is 5.92 Å². The van der Waals surface area contributed by atoms with Gasteiger partial charge in [-0.05, 0) is 49.6 Å². The van der Waals surface area contributed by atoms with Crippen molar-refractivity contribution in [3.8, 4) is 0 Å². The van der Waals surface area contributed by atoms with Crippen molar-refractivity contribution in [3.63, 3.8) is 0 Å². The number of nitrogens with one attached hydrogen (secondary N) is 1. The number of thioether (sulfide) groups is 1. The quantitative estimate of drug-likeness (QED) is 0.515. The first-order chi connectivity index (χ1) is 13.8. The minimum Gasteiger partial charge on any atom is -0.354 e. The smallest absolute Gasteiger partial charge is 0.242 e. The Hall–Kier alpha value is -1.79. The lowest BCUT2D eigenvalue weighted by Gasteiger charge is -2.29. The third kappa shape index (κ3) is 7.86. The molecule has 0 heterocycles. The molecular weight excluding hydrogens is 448 g/mol. The van der Waals surface area contributed by atoms with Crippen molar-refractivity contribution >= 4 is 39.5 Å². The van der Waals surface area contributed by atoms with E-state index in [1.165, 1.54) is 17.3 Å². The van der Waals surface area contributed by atoms with Gasteiger partial charge in [0.25, 0.3) is 0 Å². The van der Waals surface area contributed by atoms with Crippen molar-refractivity contribution in [2.75, 3.05) is 12.3 Å². The van der Waals surface area contributed by atoms with Crippen molar-refractivity contribution in [1.82, 2.24) is 10.2 Å². The van der Waals surface area contributed by atoms with E-state index < -0.39 is 6.04 Å². The molecule has 2 rings (SSSR count). The van der Waals surface area contributed by atoms with Crippen LogP contribution in [0.5, 0.6) is 0 Å². The number of aryl methyl sites for hydroxylation is 1. The number of halogens is 1. The molecule has 0 aromatic heterocycles. The predicted octanol–water partition coefficient (Wildman–Crippen LogP) is 5.04. The van der Waals surface area contributed by atoms with Gasteiger partial charge in [0.15, 0.2) is 0 Å². The number of rotatable bonds is 9. The highest BCUT2D eigenvalue weighted by Gasteiger charge is 2.26. The molecule has 1 atom stereocenters. The van der Waals surface area contributed by atoms with Gasteiger partial charge >= 0.3 is 0 Å². The number of amides is 2. The van der Waals surface area contributed by atoms with Gasteiger partial charge in [0, 0.05) is 22.5 Å². The average Bonchev–Trinajstić information content (AvgIpc) is 2.69. The molecule has 0 aliphatic rings. The van der Waals surface area contributed by atoms with Crippen LogP contribution in [0.2, 0.25) is 0 Å². The first kappa shape index (κ1) is 23.5. The van der Waals surface area contributed by atoms with Crippen LogP contribution in [-0.2, 0) is 16.1 Å². The fraction of sp³-hybridized carbons (Fsp3) is 0.391. The lowest BCUT2D eigenvalue weighted by Crippen LogP contribution is -2.48. The zero-order chi connectivity index (χ0) is 21.4. The molecule has 4 nitrogen and oxygen atoms in total. The lowest BCUT2D eigenvalue weighted by atomic mass is 10.1. The highest BCUT2D eigenvalue weighted by Crippen LogP contribution is 2.21. The number of hydrogen-bond donors (Lipinski definition) is 1. The van der Waals surface area contributed by atoms with Gasteiger partial charge in [-0.2, -0.15) is 0 Å². The normalized spacial score (nSPS) is 11.9. The maximum Gasteiger partial charge on any atom is 0.242 e. The van der Waals surface area contributed by atoms with Crippen LogP contribution in [0.1, 0.15) is 31.9 Å². The Morgan fingerprint density at radius 1 is 1.10 bits per heavy atom. The van der Waals surface area contributed by atoms with Crippen molar-refractivity contribution < 1.29 is 9.59 Å². The average molecular weight is 477 g/mol. The van der Waals surface area contributed by atoms with Gasteiger partial charge in [-0.15, -0.1) is 11.8 Å². The summed E-state index contributed by atoms with van der Waals surface area (Å²) in [6.07, 6.45) is 0. The van der Waals surface area contributed by atoms with Crippen LogP contribution < -0.4 is 5.32 Å². The molecule has 0 unspecified atom stereocenters. The molecule has 0 radical (unpaired) electrons. The van der Waals surface area contributed by atoms with Gasteiger partial charge in [0.1, 0.15) is 6.04 Å². The van der Waals surface area contributed by atoms with E-state index in [0.29, 0.717) is 24.8 Å². The van der Waals surface area contributed by atoms with E-state index in [1.54, 1.807) is 11.8 Å². The molecular formula is C23H29BrN2O2S. The molecule has 0 aliphatic carbocycles. The molecule has 1 N–H and O–H groups in total. The molecule has 0 fully saturated rings. The Labute approximate surface area is 186 Å². The summed E-state index contributed by atoms with van der Waals surface area (Å²) in [4.78, 5) is 28.4. The SMILES string of the molecule is Cc1ccc(SCC(=O)N(Cc2cccc(Br)c2)[C@H](C)C(=O)NCC(C)C)cc1. The van der Waals surface area contributed by atoms with Gasteiger partial charge in [-0.25, -0.2) is 0 Å². The van der Waals surface area contributed by atoms with Crippen LogP contribution in [0, 0.1) is 12.8 Å². The summed E-state index contributed by atoms with van der Waals surface area (Å²) in [7, 11) is 0. The maximum atomic E-state index is 13.1. The van der Waals surface area contributed by atoms with E-state index in [0.717, 1.165) is 14.9 Å². The third-order valence-corrected chi connectivity index (χ3v) is 5.97. The first-order valence-electron chi connectivity index (χ1n) is 9.77. The molecule has 29 heavy (non-hydrogen) atoms. The van der Waals surface area contributed by atoms with E-state index in [4.69, 9.17) is 0 Å². The standard InChI is InChI=1S/C23H29BrN2O2S/c1-16(2)13-25-23(28)18(4)26(14-19-6-5-7-20(24)12-19)22(27)15-29-21-10-8-17(3)9-11-21/h5-12,16,18H,13-15H2,1-4H3,(H,25,28)/t18-/m1/s1. The number of benzene rings is 2. The summed E-state index contributed by atoms with van der Waals surface area (Å²) in [5.41, 5.74) is 2.17. The van der Waals surface area contributed by atoms with Crippen LogP contribution >= 0.6 is 27.7 Å². The fourth-order valence-electron chi connectivity index (χ4n) is 2.73. The second-order valence-corrected chi connectivity index (χ2v) is 9.53. The summed E-state index contributed by atoms with van der Waals surface area (Å²) in [5.74, 6) is 0.474. The number of hydrogen-bond acceptors (Lipinski definition) is 3. The summed E-state index contributed by atoms with van der Waals surface area (Å²) in [6.45, 7) is 8.92. The van der Waals surface area contributed by atoms with Crippen LogP contribution in [0.15, 0.2) is 57.9 Å². The number of carbonyl (C=O) groups is 2. The van der Waals surface area contributed by atoms with Gasteiger partial charge < -0.3 is 10.2 Å². The zero-order valence-corrected chi connectivity index (χ0v) is 19.8. The second kappa shape index (κ2) is 11.4. The maximum absolute atomic E-state index is 13.1. The molecule has 0 aliphatic heterocycles. The van der Waals surface area contributed by atoms with Gasteiger partial charge in [0.2, 0.25) is 11.8 Å². The van der Waals surface area contributed by atoms with E-state index >= 15 is 0 Å². The van der Waals surface area contributed by atoms with E-state index in [1.807, 2.05) is 69.3 Å². The summed E-state index contributed by atoms with van der Waals surface area (Å²) >= 11 is 4.97.